The first-order valence-electron chi connectivity index (χ1n) is 5.23. The molecule has 0 atom stereocenters. The van der Waals surface area contributed by atoms with Crippen molar-refractivity contribution in [1.29, 1.82) is 0 Å². The van der Waals surface area contributed by atoms with Gasteiger partial charge in [-0.25, -0.2) is 0 Å². The molecule has 0 aliphatic carbocycles. The molecule has 0 unspecified atom stereocenters. The van der Waals surface area contributed by atoms with Crippen molar-refractivity contribution in [2.45, 2.75) is 26.2 Å². The molecule has 0 saturated carbocycles. The van der Waals surface area contributed by atoms with E-state index >= 15 is 0 Å². The summed E-state index contributed by atoms with van der Waals surface area (Å²) in [4.78, 5) is 11.0. The largest absolute Gasteiger partial charge is 0.492 e. The van der Waals surface area contributed by atoms with Gasteiger partial charge in [0.15, 0.2) is 0 Å². The molecule has 0 heterocycles. The van der Waals surface area contributed by atoms with Crippen LogP contribution < -0.4 is 4.74 Å². The predicted octanol–water partition coefficient (Wildman–Crippen LogP) is 4.13. The molecule has 16 heavy (non-hydrogen) atoms. The van der Waals surface area contributed by atoms with Gasteiger partial charge in [-0.05, 0) is 18.6 Å². The van der Waals surface area contributed by atoms with E-state index in [4.69, 9.17) is 27.9 Å². The molecule has 1 aromatic carbocycles. The number of hydrogen-bond acceptors (Lipinski definition) is 2. The summed E-state index contributed by atoms with van der Waals surface area (Å²) in [6, 6.07) is 5.07. The standard InChI is InChI=1S/C12H14Cl2O2/c1-2-10(15)4-3-7-16-12-8-9(13)5-6-11(12)14/h5-6,8H,2-4,7H2,1H3. The molecule has 4 heteroatoms. The minimum absolute atomic E-state index is 0.251. The lowest BCUT2D eigenvalue weighted by Crippen LogP contribution is -2.02. The van der Waals surface area contributed by atoms with Gasteiger partial charge in [0, 0.05) is 23.9 Å². The Kier molecular flexibility index (Phi) is 5.64. The highest BCUT2D eigenvalue weighted by Crippen LogP contribution is 2.27. The van der Waals surface area contributed by atoms with Gasteiger partial charge in [-0.2, -0.15) is 0 Å². The smallest absolute Gasteiger partial charge is 0.139 e. The lowest BCUT2D eigenvalue weighted by atomic mass is 10.2. The fourth-order valence-corrected chi connectivity index (χ4v) is 1.55. The maximum Gasteiger partial charge on any atom is 0.139 e. The Bertz CT molecular complexity index is 364. The van der Waals surface area contributed by atoms with Crippen molar-refractivity contribution in [2.24, 2.45) is 0 Å². The Morgan fingerprint density at radius 1 is 1.38 bits per heavy atom. The van der Waals surface area contributed by atoms with Crippen LogP contribution in [0.15, 0.2) is 18.2 Å². The van der Waals surface area contributed by atoms with Crippen LogP contribution in [-0.4, -0.2) is 12.4 Å². The Morgan fingerprint density at radius 3 is 2.81 bits per heavy atom. The molecule has 0 aromatic heterocycles. The summed E-state index contributed by atoms with van der Waals surface area (Å²) in [5, 5.41) is 1.12. The van der Waals surface area contributed by atoms with E-state index in [0.29, 0.717) is 41.7 Å². The van der Waals surface area contributed by atoms with Crippen LogP contribution in [0.25, 0.3) is 0 Å². The molecule has 0 amide bonds. The van der Waals surface area contributed by atoms with Crippen molar-refractivity contribution < 1.29 is 9.53 Å². The van der Waals surface area contributed by atoms with E-state index in [1.165, 1.54) is 0 Å². The predicted molar refractivity (Wildman–Crippen MR) is 66.5 cm³/mol. The summed E-state index contributed by atoms with van der Waals surface area (Å²) in [6.45, 7) is 2.34. The van der Waals surface area contributed by atoms with Gasteiger partial charge in [-0.3, -0.25) is 4.79 Å². The fraction of sp³-hybridized carbons (Fsp3) is 0.417. The van der Waals surface area contributed by atoms with Crippen molar-refractivity contribution in [3.05, 3.63) is 28.2 Å². The SMILES string of the molecule is CCC(=O)CCCOc1cc(Cl)ccc1Cl. The molecular formula is C12H14Cl2O2. The lowest BCUT2D eigenvalue weighted by Gasteiger charge is -2.07. The van der Waals surface area contributed by atoms with E-state index in [2.05, 4.69) is 0 Å². The van der Waals surface area contributed by atoms with Crippen LogP contribution in [0.3, 0.4) is 0 Å². The van der Waals surface area contributed by atoms with Gasteiger partial charge in [0.1, 0.15) is 11.5 Å². The van der Waals surface area contributed by atoms with Gasteiger partial charge < -0.3 is 4.74 Å². The monoisotopic (exact) mass is 260 g/mol. The Labute approximate surface area is 106 Å². The third-order valence-electron chi connectivity index (χ3n) is 2.15. The maximum absolute atomic E-state index is 11.0. The first-order valence-corrected chi connectivity index (χ1v) is 5.98. The number of benzene rings is 1. The highest BCUT2D eigenvalue weighted by Gasteiger charge is 2.03. The molecule has 0 aliphatic rings. The molecule has 0 saturated heterocycles. The summed E-state index contributed by atoms with van der Waals surface area (Å²) >= 11 is 11.7. The van der Waals surface area contributed by atoms with Crippen LogP contribution in [0, 0.1) is 0 Å². The molecule has 0 bridgehead atoms. The van der Waals surface area contributed by atoms with Crippen molar-refractivity contribution in [3.63, 3.8) is 0 Å². The van der Waals surface area contributed by atoms with E-state index in [1.54, 1.807) is 18.2 Å². The molecular weight excluding hydrogens is 247 g/mol. The average Bonchev–Trinajstić information content (AvgIpc) is 2.28. The van der Waals surface area contributed by atoms with Crippen molar-refractivity contribution in [1.82, 2.24) is 0 Å². The highest BCUT2D eigenvalue weighted by molar-refractivity contribution is 6.34. The molecule has 0 spiro atoms. The normalized spacial score (nSPS) is 10.2. The topological polar surface area (TPSA) is 26.3 Å². The summed E-state index contributed by atoms with van der Waals surface area (Å²) < 4.78 is 5.44. The van der Waals surface area contributed by atoms with Gasteiger partial charge in [0.2, 0.25) is 0 Å². The van der Waals surface area contributed by atoms with Gasteiger partial charge >= 0.3 is 0 Å². The molecule has 0 fully saturated rings. The van der Waals surface area contributed by atoms with Gasteiger partial charge in [0.05, 0.1) is 11.6 Å². The zero-order chi connectivity index (χ0) is 12.0. The van der Waals surface area contributed by atoms with E-state index in [1.807, 2.05) is 6.92 Å². The third kappa shape index (κ3) is 4.42. The molecule has 88 valence electrons. The minimum atomic E-state index is 0.251. The van der Waals surface area contributed by atoms with Crippen LogP contribution in [0.4, 0.5) is 0 Å². The van der Waals surface area contributed by atoms with Crippen LogP contribution in [0.2, 0.25) is 10.0 Å². The second-order valence-electron chi connectivity index (χ2n) is 3.42. The van der Waals surface area contributed by atoms with E-state index in [0.717, 1.165) is 0 Å². The maximum atomic E-state index is 11.0. The minimum Gasteiger partial charge on any atom is -0.492 e. The van der Waals surface area contributed by atoms with E-state index in [9.17, 15) is 4.79 Å². The number of carbonyl (C=O) groups excluding carboxylic acids is 1. The number of rotatable bonds is 6. The number of Topliss-reactive ketones (excluding diaryl/α,β-unsaturated/α-hetero) is 1. The third-order valence-corrected chi connectivity index (χ3v) is 2.69. The average molecular weight is 261 g/mol. The Balaban J connectivity index is 2.37. The lowest BCUT2D eigenvalue weighted by molar-refractivity contribution is -0.118. The van der Waals surface area contributed by atoms with Crippen LogP contribution in [-0.2, 0) is 4.79 Å². The zero-order valence-electron chi connectivity index (χ0n) is 9.13. The van der Waals surface area contributed by atoms with Crippen LogP contribution >= 0.6 is 23.2 Å². The quantitative estimate of drug-likeness (QED) is 0.719. The van der Waals surface area contributed by atoms with Crippen molar-refractivity contribution in [2.75, 3.05) is 6.61 Å². The summed E-state index contributed by atoms with van der Waals surface area (Å²) in [5.41, 5.74) is 0. The number of halogens is 2. The molecule has 1 rings (SSSR count). The van der Waals surface area contributed by atoms with E-state index in [-0.39, 0.29) is 5.78 Å². The van der Waals surface area contributed by atoms with Gasteiger partial charge in [-0.1, -0.05) is 30.1 Å². The summed E-state index contributed by atoms with van der Waals surface area (Å²) in [6.07, 6.45) is 1.84. The fourth-order valence-electron chi connectivity index (χ4n) is 1.22. The summed E-state index contributed by atoms with van der Waals surface area (Å²) in [5.74, 6) is 0.818. The van der Waals surface area contributed by atoms with Crippen molar-refractivity contribution in [3.8, 4) is 5.75 Å². The van der Waals surface area contributed by atoms with Crippen LogP contribution in [0.1, 0.15) is 26.2 Å². The highest BCUT2D eigenvalue weighted by atomic mass is 35.5. The Morgan fingerprint density at radius 2 is 2.12 bits per heavy atom. The first-order chi connectivity index (χ1) is 7.63. The zero-order valence-corrected chi connectivity index (χ0v) is 10.6. The molecule has 0 N–H and O–H groups in total. The Hall–Kier alpha value is -0.730. The molecule has 2 nitrogen and oxygen atoms in total. The molecule has 0 aliphatic heterocycles. The van der Waals surface area contributed by atoms with Crippen LogP contribution in [0.5, 0.6) is 5.75 Å². The van der Waals surface area contributed by atoms with E-state index < -0.39 is 0 Å². The number of ether oxygens (including phenoxy) is 1. The second-order valence-corrected chi connectivity index (χ2v) is 4.26. The van der Waals surface area contributed by atoms with Gasteiger partial charge in [0.25, 0.3) is 0 Å². The number of hydrogen-bond donors (Lipinski definition) is 0. The molecule has 0 radical (unpaired) electrons. The number of ketones is 1. The first kappa shape index (κ1) is 13.3. The summed E-state index contributed by atoms with van der Waals surface area (Å²) in [7, 11) is 0. The second kappa shape index (κ2) is 6.77. The molecule has 1 aromatic rings. The number of carbonyl (C=O) groups is 1. The van der Waals surface area contributed by atoms with Gasteiger partial charge in [-0.15, -0.1) is 0 Å². The van der Waals surface area contributed by atoms with Crippen molar-refractivity contribution >= 4 is 29.0 Å².